The van der Waals surface area contributed by atoms with E-state index in [4.69, 9.17) is 0 Å². The molecule has 2 heteroatoms. The van der Waals surface area contributed by atoms with Gasteiger partial charge in [-0.1, -0.05) is 19.4 Å². The Morgan fingerprint density at radius 3 is 2.67 bits per heavy atom. The van der Waals surface area contributed by atoms with E-state index in [2.05, 4.69) is 18.2 Å². The highest BCUT2D eigenvalue weighted by Gasteiger charge is 2.16. The van der Waals surface area contributed by atoms with E-state index < -0.39 is 0 Å². The molecule has 0 aliphatic carbocycles. The van der Waals surface area contributed by atoms with Gasteiger partial charge in [0, 0.05) is 0 Å². The monoisotopic (exact) mass is 170 g/mol. The van der Waals surface area contributed by atoms with Gasteiger partial charge in [0.15, 0.2) is 0 Å². The first-order valence-electron chi connectivity index (χ1n) is 4.45. The highest BCUT2D eigenvalue weighted by molar-refractivity contribution is 5.72. The summed E-state index contributed by atoms with van der Waals surface area (Å²) in [6.07, 6.45) is 5.53. The van der Waals surface area contributed by atoms with Crippen LogP contribution in [0, 0.1) is 5.92 Å². The van der Waals surface area contributed by atoms with E-state index in [0.717, 1.165) is 25.7 Å². The zero-order chi connectivity index (χ0) is 9.40. The largest absolute Gasteiger partial charge is 0.469 e. The van der Waals surface area contributed by atoms with Crippen molar-refractivity contribution < 1.29 is 9.53 Å². The summed E-state index contributed by atoms with van der Waals surface area (Å²) in [7, 11) is 1.44. The molecule has 0 aliphatic rings. The Bertz CT molecular complexity index is 141. The van der Waals surface area contributed by atoms with Crippen LogP contribution in [0.2, 0.25) is 0 Å². The van der Waals surface area contributed by atoms with Gasteiger partial charge in [0.2, 0.25) is 0 Å². The summed E-state index contributed by atoms with van der Waals surface area (Å²) >= 11 is 0. The molecule has 0 fully saturated rings. The Kier molecular flexibility index (Phi) is 6.44. The molecule has 0 saturated carbocycles. The maximum Gasteiger partial charge on any atom is 0.308 e. The van der Waals surface area contributed by atoms with Gasteiger partial charge in [-0.25, -0.2) is 0 Å². The minimum absolute atomic E-state index is 0.0676. The average Bonchev–Trinajstić information content (AvgIpc) is 2.11. The lowest BCUT2D eigenvalue weighted by molar-refractivity contribution is -0.145. The van der Waals surface area contributed by atoms with Gasteiger partial charge in [-0.3, -0.25) is 4.79 Å². The minimum atomic E-state index is -0.0845. The molecule has 0 bridgehead atoms. The lowest BCUT2D eigenvalue weighted by Gasteiger charge is -2.11. The lowest BCUT2D eigenvalue weighted by Crippen LogP contribution is -2.15. The first-order chi connectivity index (χ1) is 5.76. The van der Waals surface area contributed by atoms with Gasteiger partial charge in [0.05, 0.1) is 13.0 Å². The molecule has 0 aliphatic heterocycles. The van der Waals surface area contributed by atoms with Crippen molar-refractivity contribution in [3.8, 4) is 0 Å². The minimum Gasteiger partial charge on any atom is -0.469 e. The zero-order valence-corrected chi connectivity index (χ0v) is 8.01. The molecule has 2 nitrogen and oxygen atoms in total. The molecular weight excluding hydrogens is 152 g/mol. The molecule has 70 valence electrons. The standard InChI is InChI=1S/C10H18O2/c1-4-6-8-9(7-5-2)10(11)12-3/h4,9H,1,5-8H2,2-3H3. The van der Waals surface area contributed by atoms with Gasteiger partial charge >= 0.3 is 5.97 Å². The van der Waals surface area contributed by atoms with Gasteiger partial charge in [0.1, 0.15) is 0 Å². The van der Waals surface area contributed by atoms with Crippen LogP contribution in [-0.2, 0) is 9.53 Å². The molecule has 0 aromatic carbocycles. The van der Waals surface area contributed by atoms with Crippen LogP contribution >= 0.6 is 0 Å². The average molecular weight is 170 g/mol. The number of esters is 1. The normalized spacial score (nSPS) is 12.2. The number of hydrogen-bond donors (Lipinski definition) is 0. The van der Waals surface area contributed by atoms with Crippen molar-refractivity contribution in [3.63, 3.8) is 0 Å². The van der Waals surface area contributed by atoms with E-state index in [0.29, 0.717) is 0 Å². The number of methoxy groups -OCH3 is 1. The Balaban J connectivity index is 3.84. The number of rotatable bonds is 6. The molecule has 0 amide bonds. The summed E-state index contributed by atoms with van der Waals surface area (Å²) < 4.78 is 4.69. The summed E-state index contributed by atoms with van der Waals surface area (Å²) in [4.78, 5) is 11.2. The van der Waals surface area contributed by atoms with E-state index in [-0.39, 0.29) is 11.9 Å². The molecule has 1 atom stereocenters. The van der Waals surface area contributed by atoms with Gasteiger partial charge in [-0.2, -0.15) is 0 Å². The second-order valence-corrected chi connectivity index (χ2v) is 2.87. The fourth-order valence-corrected chi connectivity index (χ4v) is 1.21. The molecule has 12 heavy (non-hydrogen) atoms. The topological polar surface area (TPSA) is 26.3 Å². The van der Waals surface area contributed by atoms with Gasteiger partial charge in [-0.05, 0) is 19.3 Å². The molecule has 0 N–H and O–H groups in total. The lowest BCUT2D eigenvalue weighted by atomic mass is 9.98. The zero-order valence-electron chi connectivity index (χ0n) is 8.01. The molecule has 0 aromatic rings. The fourth-order valence-electron chi connectivity index (χ4n) is 1.21. The summed E-state index contributed by atoms with van der Waals surface area (Å²) in [5.74, 6) is -0.0169. The first kappa shape index (κ1) is 11.2. The number of carbonyl (C=O) groups is 1. The van der Waals surface area contributed by atoms with Gasteiger partial charge < -0.3 is 4.74 Å². The SMILES string of the molecule is C=CCCC(CCC)C(=O)OC. The van der Waals surface area contributed by atoms with Crippen molar-refractivity contribution in [2.75, 3.05) is 7.11 Å². The molecule has 0 heterocycles. The highest BCUT2D eigenvalue weighted by atomic mass is 16.5. The van der Waals surface area contributed by atoms with E-state index in [1.54, 1.807) is 0 Å². The van der Waals surface area contributed by atoms with Crippen molar-refractivity contribution in [3.05, 3.63) is 12.7 Å². The number of hydrogen-bond acceptors (Lipinski definition) is 2. The molecule has 0 saturated heterocycles. The maximum absolute atomic E-state index is 11.2. The van der Waals surface area contributed by atoms with Crippen LogP contribution < -0.4 is 0 Å². The second kappa shape index (κ2) is 6.89. The van der Waals surface area contributed by atoms with Crippen LogP contribution in [0.15, 0.2) is 12.7 Å². The predicted octanol–water partition coefficient (Wildman–Crippen LogP) is 2.54. The third-order valence-corrected chi connectivity index (χ3v) is 1.89. The Hall–Kier alpha value is -0.790. The quantitative estimate of drug-likeness (QED) is 0.452. The van der Waals surface area contributed by atoms with Crippen molar-refractivity contribution >= 4 is 5.97 Å². The van der Waals surface area contributed by atoms with Crippen LogP contribution in [0.1, 0.15) is 32.6 Å². The smallest absolute Gasteiger partial charge is 0.308 e. The molecule has 1 unspecified atom stereocenters. The molecule has 0 rings (SSSR count). The van der Waals surface area contributed by atoms with Crippen molar-refractivity contribution in [2.45, 2.75) is 32.6 Å². The third kappa shape index (κ3) is 4.16. The van der Waals surface area contributed by atoms with Crippen LogP contribution in [0.5, 0.6) is 0 Å². The molecule has 0 radical (unpaired) electrons. The number of allylic oxidation sites excluding steroid dienone is 1. The second-order valence-electron chi connectivity index (χ2n) is 2.87. The van der Waals surface area contributed by atoms with E-state index >= 15 is 0 Å². The Labute approximate surface area is 74.6 Å². The maximum atomic E-state index is 11.2. The third-order valence-electron chi connectivity index (χ3n) is 1.89. The predicted molar refractivity (Wildman–Crippen MR) is 49.8 cm³/mol. The van der Waals surface area contributed by atoms with Crippen LogP contribution in [0.25, 0.3) is 0 Å². The molecular formula is C10H18O2. The first-order valence-corrected chi connectivity index (χ1v) is 4.45. The van der Waals surface area contributed by atoms with Crippen LogP contribution in [-0.4, -0.2) is 13.1 Å². The van der Waals surface area contributed by atoms with Crippen LogP contribution in [0.3, 0.4) is 0 Å². The highest BCUT2D eigenvalue weighted by Crippen LogP contribution is 2.15. The van der Waals surface area contributed by atoms with Crippen molar-refractivity contribution in [1.29, 1.82) is 0 Å². The van der Waals surface area contributed by atoms with Crippen molar-refractivity contribution in [1.82, 2.24) is 0 Å². The Morgan fingerprint density at radius 2 is 2.25 bits per heavy atom. The van der Waals surface area contributed by atoms with Crippen molar-refractivity contribution in [2.24, 2.45) is 5.92 Å². The van der Waals surface area contributed by atoms with E-state index in [1.807, 2.05) is 6.08 Å². The summed E-state index contributed by atoms with van der Waals surface area (Å²) in [5.41, 5.74) is 0. The van der Waals surface area contributed by atoms with Crippen LogP contribution in [0.4, 0.5) is 0 Å². The van der Waals surface area contributed by atoms with E-state index in [9.17, 15) is 4.79 Å². The van der Waals surface area contributed by atoms with Gasteiger partial charge in [-0.15, -0.1) is 6.58 Å². The molecule has 0 spiro atoms. The number of carbonyl (C=O) groups excluding carboxylic acids is 1. The number of ether oxygens (including phenoxy) is 1. The fraction of sp³-hybridized carbons (Fsp3) is 0.700. The summed E-state index contributed by atoms with van der Waals surface area (Å²) in [6, 6.07) is 0. The van der Waals surface area contributed by atoms with E-state index in [1.165, 1.54) is 7.11 Å². The Morgan fingerprint density at radius 1 is 1.58 bits per heavy atom. The molecule has 0 aromatic heterocycles. The summed E-state index contributed by atoms with van der Waals surface area (Å²) in [5, 5.41) is 0. The summed E-state index contributed by atoms with van der Waals surface area (Å²) in [6.45, 7) is 5.70. The van der Waals surface area contributed by atoms with Gasteiger partial charge in [0.25, 0.3) is 0 Å².